The number of hydrogen-bond donors (Lipinski definition) is 3. The molecule has 0 aliphatic carbocycles. The Balaban J connectivity index is 1.54. The van der Waals surface area contributed by atoms with Gasteiger partial charge in [0, 0.05) is 42.7 Å². The topological polar surface area (TPSA) is 94.1 Å². The number of carbonyl (C=O) groups excluding carboxylic acids is 1. The molecule has 3 aromatic rings. The molecule has 1 aliphatic heterocycles. The number of likely N-dealkylation sites (N-methyl/N-ethyl adjacent to an activating group) is 1. The Morgan fingerprint density at radius 1 is 1.32 bits per heavy atom. The van der Waals surface area contributed by atoms with E-state index in [9.17, 15) is 9.90 Å². The molecular formula is C18H19N5O2. The number of phenolic OH excluding ortho intramolecular Hbond substituents is 1. The van der Waals surface area contributed by atoms with Crippen LogP contribution in [0.25, 0.3) is 22.3 Å². The van der Waals surface area contributed by atoms with E-state index < -0.39 is 0 Å². The van der Waals surface area contributed by atoms with Crippen molar-refractivity contribution in [3.05, 3.63) is 42.1 Å². The molecule has 0 atom stereocenters. The van der Waals surface area contributed by atoms with E-state index in [4.69, 9.17) is 0 Å². The standard InChI is InChI=1S/C18H19N5O2/c1-19-17(25)10-23-8-12(9-23)14-6-11-7-15(21-22-18(11)20-14)13-4-2-3-5-16(13)24/h2-7,12,24H,8-10H2,1H3,(H,19,25)(H,20,22). The van der Waals surface area contributed by atoms with Gasteiger partial charge < -0.3 is 15.4 Å². The molecule has 1 amide bonds. The van der Waals surface area contributed by atoms with Crippen LogP contribution in [0.4, 0.5) is 0 Å². The zero-order chi connectivity index (χ0) is 17.4. The number of nitrogens with one attached hydrogen (secondary N) is 2. The van der Waals surface area contributed by atoms with Gasteiger partial charge in [0.1, 0.15) is 5.75 Å². The summed E-state index contributed by atoms with van der Waals surface area (Å²) in [5.41, 5.74) is 3.15. The van der Waals surface area contributed by atoms with Gasteiger partial charge in [-0.1, -0.05) is 12.1 Å². The molecule has 1 aromatic carbocycles. The number of phenols is 1. The largest absolute Gasteiger partial charge is 0.507 e. The van der Waals surface area contributed by atoms with Crippen molar-refractivity contribution in [3.63, 3.8) is 0 Å². The number of carbonyl (C=O) groups is 1. The van der Waals surface area contributed by atoms with E-state index in [-0.39, 0.29) is 11.7 Å². The Bertz CT molecular complexity index is 930. The summed E-state index contributed by atoms with van der Waals surface area (Å²) in [4.78, 5) is 16.8. The number of hydrogen-bond acceptors (Lipinski definition) is 5. The van der Waals surface area contributed by atoms with Gasteiger partial charge in [0.25, 0.3) is 0 Å². The molecular weight excluding hydrogens is 318 g/mol. The van der Waals surface area contributed by atoms with Crippen LogP contribution in [0.3, 0.4) is 0 Å². The minimum absolute atomic E-state index is 0.0354. The third-order valence-electron chi connectivity index (χ3n) is 4.62. The van der Waals surface area contributed by atoms with Gasteiger partial charge in [-0.15, -0.1) is 10.2 Å². The van der Waals surface area contributed by atoms with Crippen molar-refractivity contribution in [2.75, 3.05) is 26.7 Å². The molecule has 7 heteroatoms. The van der Waals surface area contributed by atoms with E-state index in [1.54, 1.807) is 19.2 Å². The molecule has 128 valence electrons. The maximum atomic E-state index is 11.4. The SMILES string of the molecule is CNC(=O)CN1CC(c2cc3cc(-c4ccccc4O)nnc3[nH]2)C1. The minimum Gasteiger partial charge on any atom is -0.507 e. The highest BCUT2D eigenvalue weighted by atomic mass is 16.3. The van der Waals surface area contributed by atoms with Crippen LogP contribution < -0.4 is 5.32 Å². The van der Waals surface area contributed by atoms with E-state index in [1.807, 2.05) is 18.2 Å². The fourth-order valence-corrected chi connectivity index (χ4v) is 3.17. The molecule has 4 rings (SSSR count). The Labute approximate surface area is 144 Å². The average molecular weight is 337 g/mol. The van der Waals surface area contributed by atoms with Crippen LogP contribution in [-0.2, 0) is 4.79 Å². The van der Waals surface area contributed by atoms with Gasteiger partial charge in [0.2, 0.25) is 5.91 Å². The second-order valence-electron chi connectivity index (χ2n) is 6.34. The van der Waals surface area contributed by atoms with Crippen molar-refractivity contribution in [1.29, 1.82) is 0 Å². The summed E-state index contributed by atoms with van der Waals surface area (Å²) in [6, 6.07) is 11.1. The second kappa shape index (κ2) is 6.18. The average Bonchev–Trinajstić information content (AvgIpc) is 3.00. The minimum atomic E-state index is 0.0354. The summed E-state index contributed by atoms with van der Waals surface area (Å²) in [5.74, 6) is 0.594. The van der Waals surface area contributed by atoms with Crippen molar-refractivity contribution in [3.8, 4) is 17.0 Å². The molecule has 0 radical (unpaired) electrons. The van der Waals surface area contributed by atoms with Gasteiger partial charge in [-0.2, -0.15) is 0 Å². The first-order valence-electron chi connectivity index (χ1n) is 8.21. The zero-order valence-corrected chi connectivity index (χ0v) is 13.9. The van der Waals surface area contributed by atoms with Gasteiger partial charge in [0.05, 0.1) is 12.2 Å². The van der Waals surface area contributed by atoms with E-state index >= 15 is 0 Å². The fraction of sp³-hybridized carbons (Fsp3) is 0.278. The monoisotopic (exact) mass is 337 g/mol. The van der Waals surface area contributed by atoms with Crippen LogP contribution in [0, 0.1) is 0 Å². The maximum absolute atomic E-state index is 11.4. The Kier molecular flexibility index (Phi) is 3.85. The molecule has 25 heavy (non-hydrogen) atoms. The summed E-state index contributed by atoms with van der Waals surface area (Å²) in [6.07, 6.45) is 0. The highest BCUT2D eigenvalue weighted by Crippen LogP contribution is 2.31. The summed E-state index contributed by atoms with van der Waals surface area (Å²) in [7, 11) is 1.65. The number of para-hydroxylation sites is 1. The number of aromatic nitrogens is 3. The highest BCUT2D eigenvalue weighted by molar-refractivity contribution is 5.82. The van der Waals surface area contributed by atoms with E-state index in [1.165, 1.54) is 0 Å². The van der Waals surface area contributed by atoms with Crippen LogP contribution in [-0.4, -0.2) is 57.8 Å². The number of H-pyrrole nitrogens is 1. The lowest BCUT2D eigenvalue weighted by Gasteiger charge is -2.38. The number of likely N-dealkylation sites (tertiary alicyclic amines) is 1. The third kappa shape index (κ3) is 2.94. The fourth-order valence-electron chi connectivity index (χ4n) is 3.17. The molecule has 3 N–H and O–H groups in total. The van der Waals surface area contributed by atoms with Crippen LogP contribution >= 0.6 is 0 Å². The van der Waals surface area contributed by atoms with Crippen molar-refractivity contribution in [1.82, 2.24) is 25.4 Å². The predicted octanol–water partition coefficient (Wildman–Crippen LogP) is 1.48. The normalized spacial score (nSPS) is 15.2. The van der Waals surface area contributed by atoms with E-state index in [0.717, 1.165) is 29.8 Å². The molecule has 2 aromatic heterocycles. The number of aromatic hydroxyl groups is 1. The van der Waals surface area contributed by atoms with Gasteiger partial charge in [0.15, 0.2) is 5.65 Å². The van der Waals surface area contributed by atoms with Gasteiger partial charge in [-0.3, -0.25) is 9.69 Å². The van der Waals surface area contributed by atoms with Crippen LogP contribution in [0.15, 0.2) is 36.4 Å². The van der Waals surface area contributed by atoms with Crippen molar-refractivity contribution < 1.29 is 9.90 Å². The molecule has 1 fully saturated rings. The molecule has 7 nitrogen and oxygen atoms in total. The number of amides is 1. The lowest BCUT2D eigenvalue weighted by molar-refractivity contribution is -0.122. The van der Waals surface area contributed by atoms with Crippen molar-refractivity contribution in [2.24, 2.45) is 0 Å². The van der Waals surface area contributed by atoms with Crippen LogP contribution in [0.1, 0.15) is 11.6 Å². The molecule has 0 spiro atoms. The van der Waals surface area contributed by atoms with Crippen molar-refractivity contribution >= 4 is 16.9 Å². The molecule has 1 aliphatic rings. The summed E-state index contributed by atoms with van der Waals surface area (Å²) >= 11 is 0. The quantitative estimate of drug-likeness (QED) is 0.670. The van der Waals surface area contributed by atoms with Gasteiger partial charge in [-0.05, 0) is 24.3 Å². The maximum Gasteiger partial charge on any atom is 0.233 e. The molecule has 3 heterocycles. The summed E-state index contributed by atoms with van der Waals surface area (Å²) in [5, 5.41) is 22.1. The smallest absolute Gasteiger partial charge is 0.233 e. The van der Waals surface area contributed by atoms with Gasteiger partial charge >= 0.3 is 0 Å². The third-order valence-corrected chi connectivity index (χ3v) is 4.62. The Morgan fingerprint density at radius 2 is 2.12 bits per heavy atom. The lowest BCUT2D eigenvalue weighted by atomic mass is 9.96. The first-order chi connectivity index (χ1) is 12.1. The van der Waals surface area contributed by atoms with Gasteiger partial charge in [-0.25, -0.2) is 0 Å². The molecule has 1 saturated heterocycles. The van der Waals surface area contributed by atoms with E-state index in [2.05, 4.69) is 31.5 Å². The molecule has 0 bridgehead atoms. The molecule has 0 unspecified atom stereocenters. The van der Waals surface area contributed by atoms with E-state index in [0.29, 0.717) is 23.7 Å². The number of fused-ring (bicyclic) bond motifs is 1. The number of aromatic amines is 1. The summed E-state index contributed by atoms with van der Waals surface area (Å²) in [6.45, 7) is 2.13. The summed E-state index contributed by atoms with van der Waals surface area (Å²) < 4.78 is 0. The lowest BCUT2D eigenvalue weighted by Crippen LogP contribution is -2.49. The number of rotatable bonds is 4. The first-order valence-corrected chi connectivity index (χ1v) is 8.21. The highest BCUT2D eigenvalue weighted by Gasteiger charge is 2.30. The Morgan fingerprint density at radius 3 is 2.88 bits per heavy atom. The zero-order valence-electron chi connectivity index (χ0n) is 13.9. The number of benzene rings is 1. The predicted molar refractivity (Wildman–Crippen MR) is 94.2 cm³/mol. The first kappa shape index (κ1) is 15.6. The second-order valence-corrected chi connectivity index (χ2v) is 6.34. The van der Waals surface area contributed by atoms with Crippen LogP contribution in [0.5, 0.6) is 5.75 Å². The van der Waals surface area contributed by atoms with Crippen LogP contribution in [0.2, 0.25) is 0 Å². The van der Waals surface area contributed by atoms with Crippen molar-refractivity contribution in [2.45, 2.75) is 5.92 Å². The number of nitrogens with zero attached hydrogens (tertiary/aromatic N) is 3. The molecule has 0 saturated carbocycles. The Hall–Kier alpha value is -2.93.